The van der Waals surface area contributed by atoms with E-state index in [1.54, 1.807) is 24.2 Å². The minimum Gasteiger partial charge on any atom is -0.497 e. The summed E-state index contributed by atoms with van der Waals surface area (Å²) in [4.78, 5) is 16.1. The fourth-order valence-electron chi connectivity index (χ4n) is 2.84. The number of carbonyl (C=O) groups excluding carboxylic acids is 1. The lowest BCUT2D eigenvalue weighted by atomic mass is 10.2. The van der Waals surface area contributed by atoms with Gasteiger partial charge in [-0.05, 0) is 48.0 Å². The molecule has 140 valence electrons. The van der Waals surface area contributed by atoms with Gasteiger partial charge < -0.3 is 15.4 Å². The Kier molecular flexibility index (Phi) is 4.88. The second-order valence-corrected chi connectivity index (χ2v) is 6.21. The molecule has 4 rings (SSSR count). The maximum Gasteiger partial charge on any atom is 0.319 e. The van der Waals surface area contributed by atoms with Gasteiger partial charge in [-0.2, -0.15) is 5.10 Å². The molecule has 2 amide bonds. The smallest absolute Gasteiger partial charge is 0.319 e. The number of anilines is 1. The molecule has 0 spiro atoms. The number of nitrogens with one attached hydrogen (secondary N) is 2. The molecule has 2 N–H and O–H groups in total. The highest BCUT2D eigenvalue weighted by atomic mass is 16.5. The van der Waals surface area contributed by atoms with E-state index in [9.17, 15) is 4.79 Å². The molecule has 2 heterocycles. The molecule has 0 fully saturated rings. The summed E-state index contributed by atoms with van der Waals surface area (Å²) >= 11 is 0. The summed E-state index contributed by atoms with van der Waals surface area (Å²) in [6.07, 6.45) is 5.33. The van der Waals surface area contributed by atoms with E-state index in [1.165, 1.54) is 0 Å². The van der Waals surface area contributed by atoms with E-state index in [0.717, 1.165) is 27.9 Å². The van der Waals surface area contributed by atoms with Crippen LogP contribution < -0.4 is 15.4 Å². The lowest BCUT2D eigenvalue weighted by Crippen LogP contribution is -2.28. The van der Waals surface area contributed by atoms with Gasteiger partial charge in [0.15, 0.2) is 0 Å². The highest BCUT2D eigenvalue weighted by molar-refractivity contribution is 5.92. The fraction of sp³-hybridized carbons (Fsp3) is 0.0952. The largest absolute Gasteiger partial charge is 0.497 e. The third-order valence-electron chi connectivity index (χ3n) is 4.29. The van der Waals surface area contributed by atoms with E-state index in [0.29, 0.717) is 12.2 Å². The Morgan fingerprint density at radius 1 is 1.11 bits per heavy atom. The first-order valence-electron chi connectivity index (χ1n) is 8.79. The number of hydrogen-bond acceptors (Lipinski definition) is 4. The van der Waals surface area contributed by atoms with Gasteiger partial charge in [0.2, 0.25) is 0 Å². The minimum atomic E-state index is -0.275. The van der Waals surface area contributed by atoms with E-state index < -0.39 is 0 Å². The first-order valence-corrected chi connectivity index (χ1v) is 8.79. The standard InChI is InChI=1S/C21H19N5O2/c1-28-19-4-2-3-18(12-19)26-14-16-5-6-17(11-20(16)25-26)24-21(27)23-13-15-7-9-22-10-8-15/h2-12,14H,13H2,1H3,(H2,23,24,27). The predicted octanol–water partition coefficient (Wildman–Crippen LogP) is 3.75. The molecule has 7 heteroatoms. The van der Waals surface area contributed by atoms with Crippen LogP contribution in [0.15, 0.2) is 73.2 Å². The van der Waals surface area contributed by atoms with Gasteiger partial charge in [-0.25, -0.2) is 9.48 Å². The molecule has 4 aromatic rings. The van der Waals surface area contributed by atoms with Gasteiger partial charge in [0.05, 0.1) is 18.3 Å². The lowest BCUT2D eigenvalue weighted by Gasteiger charge is -2.07. The summed E-state index contributed by atoms with van der Waals surface area (Å²) in [6.45, 7) is 0.432. The van der Waals surface area contributed by atoms with Crippen LogP contribution in [0, 0.1) is 0 Å². The number of fused-ring (bicyclic) bond motifs is 1. The van der Waals surface area contributed by atoms with Crippen LogP contribution in [0.3, 0.4) is 0 Å². The van der Waals surface area contributed by atoms with Crippen molar-refractivity contribution >= 4 is 22.6 Å². The van der Waals surface area contributed by atoms with Crippen molar-refractivity contribution < 1.29 is 9.53 Å². The zero-order valence-electron chi connectivity index (χ0n) is 15.3. The first kappa shape index (κ1) is 17.5. The minimum absolute atomic E-state index is 0.275. The summed E-state index contributed by atoms with van der Waals surface area (Å²) in [5, 5.41) is 11.2. The Bertz CT molecular complexity index is 1110. The number of urea groups is 1. The van der Waals surface area contributed by atoms with Crippen molar-refractivity contribution in [2.24, 2.45) is 0 Å². The second kappa shape index (κ2) is 7.79. The molecule has 0 aliphatic heterocycles. The third-order valence-corrected chi connectivity index (χ3v) is 4.29. The zero-order chi connectivity index (χ0) is 19.3. The highest BCUT2D eigenvalue weighted by Crippen LogP contribution is 2.22. The average Bonchev–Trinajstić information content (AvgIpc) is 3.16. The number of pyridine rings is 1. The Hall–Kier alpha value is -3.87. The Labute approximate surface area is 162 Å². The van der Waals surface area contributed by atoms with Crippen molar-refractivity contribution in [1.82, 2.24) is 20.1 Å². The molecule has 0 unspecified atom stereocenters. The van der Waals surface area contributed by atoms with Gasteiger partial charge in [0.25, 0.3) is 0 Å². The normalized spacial score (nSPS) is 10.6. The van der Waals surface area contributed by atoms with Crippen molar-refractivity contribution in [1.29, 1.82) is 0 Å². The van der Waals surface area contributed by atoms with Gasteiger partial charge in [-0.3, -0.25) is 4.98 Å². The molecule has 2 aromatic heterocycles. The van der Waals surface area contributed by atoms with E-state index in [1.807, 2.05) is 60.8 Å². The molecule has 0 atom stereocenters. The van der Waals surface area contributed by atoms with Gasteiger partial charge in [0, 0.05) is 42.3 Å². The van der Waals surface area contributed by atoms with Crippen molar-refractivity contribution in [3.05, 3.63) is 78.8 Å². The van der Waals surface area contributed by atoms with Crippen LogP contribution in [0.25, 0.3) is 16.6 Å². The van der Waals surface area contributed by atoms with Crippen molar-refractivity contribution in [3.63, 3.8) is 0 Å². The molecule has 0 aliphatic carbocycles. The summed E-state index contributed by atoms with van der Waals surface area (Å²) in [5.41, 5.74) is 3.35. The third kappa shape index (κ3) is 3.93. The highest BCUT2D eigenvalue weighted by Gasteiger charge is 2.07. The van der Waals surface area contributed by atoms with Crippen molar-refractivity contribution in [2.45, 2.75) is 6.54 Å². The van der Waals surface area contributed by atoms with Crippen LogP contribution in [0.2, 0.25) is 0 Å². The summed E-state index contributed by atoms with van der Waals surface area (Å²) in [5.74, 6) is 0.769. The molecule has 28 heavy (non-hydrogen) atoms. The predicted molar refractivity (Wildman–Crippen MR) is 108 cm³/mol. The van der Waals surface area contributed by atoms with E-state index in [-0.39, 0.29) is 6.03 Å². The molecule has 2 aromatic carbocycles. The van der Waals surface area contributed by atoms with Crippen LogP contribution in [-0.2, 0) is 6.54 Å². The molecule has 0 aliphatic rings. The van der Waals surface area contributed by atoms with Gasteiger partial charge in [-0.15, -0.1) is 0 Å². The lowest BCUT2D eigenvalue weighted by molar-refractivity contribution is 0.251. The van der Waals surface area contributed by atoms with Gasteiger partial charge in [0.1, 0.15) is 5.75 Å². The molecule has 0 bridgehead atoms. The second-order valence-electron chi connectivity index (χ2n) is 6.21. The summed E-state index contributed by atoms with van der Waals surface area (Å²) in [6, 6.07) is 16.7. The van der Waals surface area contributed by atoms with Crippen LogP contribution in [-0.4, -0.2) is 27.9 Å². The summed E-state index contributed by atoms with van der Waals surface area (Å²) < 4.78 is 7.06. The summed E-state index contributed by atoms with van der Waals surface area (Å²) in [7, 11) is 1.64. The quantitative estimate of drug-likeness (QED) is 0.558. The first-order chi connectivity index (χ1) is 13.7. The Balaban J connectivity index is 1.47. The monoisotopic (exact) mass is 373 g/mol. The van der Waals surface area contributed by atoms with Crippen LogP contribution in [0.4, 0.5) is 10.5 Å². The number of hydrogen-bond donors (Lipinski definition) is 2. The van der Waals surface area contributed by atoms with Crippen LogP contribution in [0.1, 0.15) is 5.56 Å². The van der Waals surface area contributed by atoms with E-state index in [4.69, 9.17) is 4.74 Å². The van der Waals surface area contributed by atoms with Gasteiger partial charge in [-0.1, -0.05) is 6.07 Å². The number of methoxy groups -OCH3 is 1. The van der Waals surface area contributed by atoms with Gasteiger partial charge >= 0.3 is 6.03 Å². The number of benzene rings is 2. The number of ether oxygens (including phenoxy) is 1. The Morgan fingerprint density at radius 2 is 1.96 bits per heavy atom. The number of rotatable bonds is 5. The van der Waals surface area contributed by atoms with Crippen molar-refractivity contribution in [3.8, 4) is 11.4 Å². The average molecular weight is 373 g/mol. The number of aromatic nitrogens is 3. The molecule has 7 nitrogen and oxygen atoms in total. The topological polar surface area (TPSA) is 81.1 Å². The van der Waals surface area contributed by atoms with Crippen LogP contribution >= 0.6 is 0 Å². The van der Waals surface area contributed by atoms with E-state index in [2.05, 4.69) is 20.7 Å². The number of carbonyl (C=O) groups is 1. The number of amides is 2. The van der Waals surface area contributed by atoms with Crippen molar-refractivity contribution in [2.75, 3.05) is 12.4 Å². The molecule has 0 saturated heterocycles. The molecule has 0 radical (unpaired) electrons. The molecular formula is C21H19N5O2. The van der Waals surface area contributed by atoms with Crippen LogP contribution in [0.5, 0.6) is 5.75 Å². The molecular weight excluding hydrogens is 354 g/mol. The maximum atomic E-state index is 12.1. The van der Waals surface area contributed by atoms with E-state index >= 15 is 0 Å². The SMILES string of the molecule is COc1cccc(-n2cc3ccc(NC(=O)NCc4ccncc4)cc3n2)c1. The zero-order valence-corrected chi connectivity index (χ0v) is 15.3. The fourth-order valence-corrected chi connectivity index (χ4v) is 2.84. The number of nitrogens with zero attached hydrogens (tertiary/aromatic N) is 3. The maximum absolute atomic E-state index is 12.1. The molecule has 0 saturated carbocycles. The Morgan fingerprint density at radius 3 is 2.79 bits per heavy atom.